The van der Waals surface area contributed by atoms with Crippen LogP contribution < -0.4 is 10.2 Å². The molecule has 1 N–H and O–H groups in total. The molecule has 2 amide bonds. The van der Waals surface area contributed by atoms with Crippen molar-refractivity contribution >= 4 is 46.9 Å². The topological polar surface area (TPSA) is 67.9 Å². The molecule has 0 spiro atoms. The monoisotopic (exact) mass is 508 g/mol. The van der Waals surface area contributed by atoms with Crippen LogP contribution in [0.15, 0.2) is 82.6 Å². The van der Waals surface area contributed by atoms with Gasteiger partial charge in [-0.05, 0) is 53.6 Å². The van der Waals surface area contributed by atoms with E-state index in [4.69, 9.17) is 21.1 Å². The fourth-order valence-corrected chi connectivity index (χ4v) is 4.93. The molecule has 1 aliphatic heterocycles. The number of halogens is 1. The summed E-state index contributed by atoms with van der Waals surface area (Å²) in [6.45, 7) is 0.655. The van der Waals surface area contributed by atoms with Crippen LogP contribution in [-0.2, 0) is 20.8 Å². The third kappa shape index (κ3) is 6.13. The zero-order valence-electron chi connectivity index (χ0n) is 19.4. The summed E-state index contributed by atoms with van der Waals surface area (Å²) in [4.78, 5) is 29.3. The average Bonchev–Trinajstić information content (AvgIpc) is 2.87. The first-order valence-electron chi connectivity index (χ1n) is 11.0. The van der Waals surface area contributed by atoms with Crippen LogP contribution in [0.3, 0.4) is 0 Å². The Morgan fingerprint density at radius 3 is 2.51 bits per heavy atom. The Hall–Kier alpha value is -3.10. The largest absolute Gasteiger partial charge is 0.354 e. The molecule has 0 aromatic heterocycles. The lowest BCUT2D eigenvalue weighted by Crippen LogP contribution is -2.34. The number of methoxy groups -OCH3 is 2. The summed E-state index contributed by atoms with van der Waals surface area (Å²) in [5, 5.41) is 3.41. The number of ether oxygens (including phenoxy) is 2. The van der Waals surface area contributed by atoms with Crippen molar-refractivity contribution in [1.29, 1.82) is 0 Å². The predicted octanol–water partition coefficient (Wildman–Crippen LogP) is 5.37. The normalized spacial score (nSPS) is 14.3. The van der Waals surface area contributed by atoms with Gasteiger partial charge in [0.25, 0.3) is 11.8 Å². The van der Waals surface area contributed by atoms with E-state index in [0.29, 0.717) is 22.0 Å². The van der Waals surface area contributed by atoms with Gasteiger partial charge in [0.15, 0.2) is 6.29 Å². The summed E-state index contributed by atoms with van der Waals surface area (Å²) in [5.74, 6) is -0.311. The SMILES string of the molecule is COC(CNC(=O)c1ccc(C=C2Sc3ccccc3N(Cc3cccc(Cl)c3)C2=O)cc1)OC. The van der Waals surface area contributed by atoms with E-state index in [1.807, 2.05) is 66.7 Å². The second-order valence-corrected chi connectivity index (χ2v) is 9.35. The van der Waals surface area contributed by atoms with E-state index in [-0.39, 0.29) is 18.4 Å². The van der Waals surface area contributed by atoms with Gasteiger partial charge in [0, 0.05) is 29.7 Å². The van der Waals surface area contributed by atoms with Crippen LogP contribution in [0, 0.1) is 0 Å². The summed E-state index contributed by atoms with van der Waals surface area (Å²) in [6, 6.07) is 22.5. The van der Waals surface area contributed by atoms with Gasteiger partial charge in [-0.15, -0.1) is 0 Å². The number of anilines is 1. The first-order chi connectivity index (χ1) is 17.0. The van der Waals surface area contributed by atoms with E-state index in [0.717, 1.165) is 21.7 Å². The third-order valence-electron chi connectivity index (χ3n) is 5.49. The van der Waals surface area contributed by atoms with Crippen molar-refractivity contribution in [1.82, 2.24) is 5.32 Å². The van der Waals surface area contributed by atoms with Gasteiger partial charge in [-0.25, -0.2) is 0 Å². The number of fused-ring (bicyclic) bond motifs is 1. The van der Waals surface area contributed by atoms with Crippen LogP contribution in [-0.4, -0.2) is 38.9 Å². The second kappa shape index (κ2) is 11.6. The highest BCUT2D eigenvalue weighted by Gasteiger charge is 2.29. The zero-order valence-corrected chi connectivity index (χ0v) is 20.9. The van der Waals surface area contributed by atoms with Gasteiger partial charge in [-0.1, -0.05) is 59.8 Å². The summed E-state index contributed by atoms with van der Waals surface area (Å²) in [5.41, 5.74) is 3.16. The second-order valence-electron chi connectivity index (χ2n) is 7.83. The standard InChI is InChI=1S/C27H25ClN2O4S/c1-33-25(34-2)16-29-26(31)20-12-10-18(11-13-20)15-24-27(32)30(17-19-6-5-7-21(28)14-19)22-8-3-4-9-23(22)35-24/h3-15,25H,16-17H2,1-2H3,(H,29,31). The van der Waals surface area contributed by atoms with Crippen molar-refractivity contribution in [3.05, 3.63) is 99.4 Å². The van der Waals surface area contributed by atoms with Crippen molar-refractivity contribution in [3.8, 4) is 0 Å². The number of nitrogens with one attached hydrogen (secondary N) is 1. The molecule has 0 aliphatic carbocycles. The quantitative estimate of drug-likeness (QED) is 0.327. The van der Waals surface area contributed by atoms with E-state index in [1.54, 1.807) is 17.0 Å². The van der Waals surface area contributed by atoms with Crippen LogP contribution in [0.25, 0.3) is 6.08 Å². The Labute approximate surface area is 213 Å². The highest BCUT2D eigenvalue weighted by Crippen LogP contribution is 2.42. The van der Waals surface area contributed by atoms with Crippen LogP contribution in [0.4, 0.5) is 5.69 Å². The van der Waals surface area contributed by atoms with Gasteiger partial charge in [-0.3, -0.25) is 9.59 Å². The maximum absolute atomic E-state index is 13.5. The number of rotatable bonds is 8. The Bertz CT molecular complexity index is 1240. The smallest absolute Gasteiger partial charge is 0.265 e. The zero-order chi connectivity index (χ0) is 24.8. The summed E-state index contributed by atoms with van der Waals surface area (Å²) in [6.07, 6.45) is 1.34. The molecular formula is C27H25ClN2O4S. The predicted molar refractivity (Wildman–Crippen MR) is 139 cm³/mol. The lowest BCUT2D eigenvalue weighted by Gasteiger charge is -2.30. The molecule has 1 heterocycles. The molecule has 0 saturated carbocycles. The average molecular weight is 509 g/mol. The molecule has 0 unspecified atom stereocenters. The number of para-hydroxylation sites is 1. The maximum Gasteiger partial charge on any atom is 0.265 e. The Morgan fingerprint density at radius 2 is 1.80 bits per heavy atom. The lowest BCUT2D eigenvalue weighted by molar-refractivity contribution is -0.114. The molecule has 0 atom stereocenters. The minimum atomic E-state index is -0.505. The van der Waals surface area contributed by atoms with Crippen molar-refractivity contribution in [3.63, 3.8) is 0 Å². The van der Waals surface area contributed by atoms with E-state index in [1.165, 1.54) is 26.0 Å². The number of hydrogen-bond donors (Lipinski definition) is 1. The Kier molecular flexibility index (Phi) is 8.25. The van der Waals surface area contributed by atoms with Crippen molar-refractivity contribution < 1.29 is 19.1 Å². The molecule has 1 aliphatic rings. The minimum absolute atomic E-state index is 0.0827. The number of hydrogen-bond acceptors (Lipinski definition) is 5. The Balaban J connectivity index is 1.54. The maximum atomic E-state index is 13.5. The van der Waals surface area contributed by atoms with E-state index in [9.17, 15) is 9.59 Å². The molecule has 3 aromatic carbocycles. The molecule has 35 heavy (non-hydrogen) atoms. The first kappa shape index (κ1) is 25.0. The number of nitrogens with zero attached hydrogens (tertiary/aromatic N) is 1. The number of benzene rings is 3. The molecule has 0 bridgehead atoms. The number of thioether (sulfide) groups is 1. The van der Waals surface area contributed by atoms with E-state index >= 15 is 0 Å². The molecule has 6 nitrogen and oxygen atoms in total. The van der Waals surface area contributed by atoms with Crippen LogP contribution >= 0.6 is 23.4 Å². The molecule has 3 aromatic rings. The van der Waals surface area contributed by atoms with Crippen molar-refractivity contribution in [2.75, 3.05) is 25.7 Å². The van der Waals surface area contributed by atoms with Crippen LogP contribution in [0.5, 0.6) is 0 Å². The highest BCUT2D eigenvalue weighted by atomic mass is 35.5. The van der Waals surface area contributed by atoms with Gasteiger partial charge >= 0.3 is 0 Å². The van der Waals surface area contributed by atoms with Crippen LogP contribution in [0.1, 0.15) is 21.5 Å². The molecule has 8 heteroatoms. The van der Waals surface area contributed by atoms with Gasteiger partial charge in [0.1, 0.15) is 0 Å². The van der Waals surface area contributed by atoms with Gasteiger partial charge in [-0.2, -0.15) is 0 Å². The lowest BCUT2D eigenvalue weighted by atomic mass is 10.1. The Morgan fingerprint density at radius 1 is 1.06 bits per heavy atom. The number of amides is 2. The minimum Gasteiger partial charge on any atom is -0.354 e. The van der Waals surface area contributed by atoms with E-state index in [2.05, 4.69) is 5.32 Å². The van der Waals surface area contributed by atoms with Crippen molar-refractivity contribution in [2.24, 2.45) is 0 Å². The van der Waals surface area contributed by atoms with Crippen LogP contribution in [0.2, 0.25) is 5.02 Å². The van der Waals surface area contributed by atoms with Gasteiger partial charge in [0.2, 0.25) is 0 Å². The van der Waals surface area contributed by atoms with Gasteiger partial charge < -0.3 is 19.7 Å². The summed E-state index contributed by atoms with van der Waals surface area (Å²) < 4.78 is 10.2. The highest BCUT2D eigenvalue weighted by molar-refractivity contribution is 8.04. The molecule has 0 saturated heterocycles. The molecule has 180 valence electrons. The first-order valence-corrected chi connectivity index (χ1v) is 12.2. The third-order valence-corrected chi connectivity index (χ3v) is 6.80. The summed E-state index contributed by atoms with van der Waals surface area (Å²) in [7, 11) is 3.03. The van der Waals surface area contributed by atoms with Crippen molar-refractivity contribution in [2.45, 2.75) is 17.7 Å². The molecular weight excluding hydrogens is 484 g/mol. The number of carbonyl (C=O) groups excluding carboxylic acids is 2. The van der Waals surface area contributed by atoms with Gasteiger partial charge in [0.05, 0.1) is 23.7 Å². The summed E-state index contributed by atoms with van der Waals surface area (Å²) >= 11 is 7.60. The fraction of sp³-hybridized carbons (Fsp3) is 0.185. The molecule has 4 rings (SSSR count). The molecule has 0 radical (unpaired) electrons. The number of carbonyl (C=O) groups is 2. The fourth-order valence-electron chi connectivity index (χ4n) is 3.66. The van der Waals surface area contributed by atoms with E-state index < -0.39 is 6.29 Å². The molecule has 0 fully saturated rings.